The molecule has 142 valence electrons. The minimum absolute atomic E-state index is 0.267. The molecule has 0 saturated heterocycles. The molecule has 0 unspecified atom stereocenters. The van der Waals surface area contributed by atoms with E-state index in [1.54, 1.807) is 0 Å². The van der Waals surface area contributed by atoms with Crippen molar-refractivity contribution >= 4 is 17.9 Å². The van der Waals surface area contributed by atoms with Gasteiger partial charge >= 0.3 is 0 Å². The number of hydrogen-bond acceptors (Lipinski definition) is 7. The van der Waals surface area contributed by atoms with Crippen molar-refractivity contribution in [2.24, 2.45) is 4.99 Å². The summed E-state index contributed by atoms with van der Waals surface area (Å²) in [6.45, 7) is 4.39. The van der Waals surface area contributed by atoms with Gasteiger partial charge in [-0.3, -0.25) is 4.99 Å². The predicted octanol–water partition coefficient (Wildman–Crippen LogP) is 3.92. The van der Waals surface area contributed by atoms with Gasteiger partial charge in [-0.2, -0.15) is 0 Å². The van der Waals surface area contributed by atoms with Crippen LogP contribution in [0.25, 0.3) is 0 Å². The van der Waals surface area contributed by atoms with Crippen molar-refractivity contribution in [2.45, 2.75) is 45.4 Å². The second-order valence-corrected chi connectivity index (χ2v) is 6.15. The van der Waals surface area contributed by atoms with E-state index >= 15 is 0 Å². The Morgan fingerprint density at radius 1 is 1.19 bits per heavy atom. The molecule has 0 bridgehead atoms. The number of benzene rings is 1. The van der Waals surface area contributed by atoms with E-state index in [9.17, 15) is 0 Å². The van der Waals surface area contributed by atoms with E-state index in [2.05, 4.69) is 32.2 Å². The van der Waals surface area contributed by atoms with Crippen molar-refractivity contribution in [2.75, 3.05) is 30.7 Å². The molecule has 0 aliphatic rings. The van der Waals surface area contributed by atoms with Crippen LogP contribution in [-0.2, 0) is 0 Å². The van der Waals surface area contributed by atoms with E-state index < -0.39 is 0 Å². The van der Waals surface area contributed by atoms with Crippen LogP contribution in [0.15, 0.2) is 33.9 Å². The van der Waals surface area contributed by atoms with Crippen LogP contribution < -0.4 is 15.8 Å². The standard InChI is InChI=1S/C19H29N5O2/c1-2-3-4-5-6-11-21-15-16-9-7-10-17(14-16)25-13-8-12-22-19-18(20)23-26-24-19/h7,9-10,14-15H,2-6,8,11-13H2,1H3,(H2,20,23)(H,22,24). The van der Waals surface area contributed by atoms with Crippen LogP contribution in [0.1, 0.15) is 51.0 Å². The summed E-state index contributed by atoms with van der Waals surface area (Å²) in [5, 5.41) is 10.2. The minimum atomic E-state index is 0.267. The first-order valence-corrected chi connectivity index (χ1v) is 9.34. The lowest BCUT2D eigenvalue weighted by atomic mass is 10.1. The summed E-state index contributed by atoms with van der Waals surface area (Å²) in [7, 11) is 0. The third kappa shape index (κ3) is 7.55. The third-order valence-corrected chi connectivity index (χ3v) is 3.89. The summed E-state index contributed by atoms with van der Waals surface area (Å²) in [4.78, 5) is 4.50. The number of rotatable bonds is 13. The maximum absolute atomic E-state index is 5.78. The van der Waals surface area contributed by atoms with Crippen LogP contribution in [0.4, 0.5) is 11.6 Å². The molecule has 0 spiro atoms. The van der Waals surface area contributed by atoms with Crippen LogP contribution in [0.5, 0.6) is 5.75 Å². The second kappa shape index (κ2) is 11.9. The van der Waals surface area contributed by atoms with Gasteiger partial charge in [-0.25, -0.2) is 4.63 Å². The number of anilines is 2. The average Bonchev–Trinajstić information content (AvgIpc) is 3.06. The molecule has 26 heavy (non-hydrogen) atoms. The SMILES string of the molecule is CCCCCCCN=Cc1cccc(OCCCNc2nonc2N)c1. The van der Waals surface area contributed by atoms with Gasteiger partial charge in [0.2, 0.25) is 11.6 Å². The molecular weight excluding hydrogens is 330 g/mol. The second-order valence-electron chi connectivity index (χ2n) is 6.15. The largest absolute Gasteiger partial charge is 0.494 e. The Hall–Kier alpha value is -2.57. The van der Waals surface area contributed by atoms with E-state index in [-0.39, 0.29) is 5.82 Å². The Morgan fingerprint density at radius 2 is 2.08 bits per heavy atom. The molecule has 1 aromatic carbocycles. The summed E-state index contributed by atoms with van der Waals surface area (Å²) >= 11 is 0. The Labute approximate surface area is 155 Å². The summed E-state index contributed by atoms with van der Waals surface area (Å²) in [5.74, 6) is 1.58. The van der Waals surface area contributed by atoms with Gasteiger partial charge < -0.3 is 15.8 Å². The lowest BCUT2D eigenvalue weighted by Crippen LogP contribution is -2.08. The molecule has 0 aliphatic heterocycles. The lowest BCUT2D eigenvalue weighted by molar-refractivity contribution is 0.308. The zero-order valence-corrected chi connectivity index (χ0v) is 15.5. The molecule has 0 radical (unpaired) electrons. The highest BCUT2D eigenvalue weighted by molar-refractivity contribution is 5.80. The van der Waals surface area contributed by atoms with Crippen LogP contribution in [0, 0.1) is 0 Å². The smallest absolute Gasteiger partial charge is 0.215 e. The van der Waals surface area contributed by atoms with E-state index in [0.29, 0.717) is 19.0 Å². The van der Waals surface area contributed by atoms with Gasteiger partial charge in [0.25, 0.3) is 0 Å². The molecule has 0 aliphatic carbocycles. The molecule has 0 atom stereocenters. The zero-order chi connectivity index (χ0) is 18.5. The van der Waals surface area contributed by atoms with Crippen molar-refractivity contribution in [1.82, 2.24) is 10.3 Å². The quantitative estimate of drug-likeness (QED) is 0.415. The summed E-state index contributed by atoms with van der Waals surface area (Å²) < 4.78 is 10.3. The van der Waals surface area contributed by atoms with Crippen molar-refractivity contribution in [3.8, 4) is 5.75 Å². The van der Waals surface area contributed by atoms with Crippen LogP contribution in [0.3, 0.4) is 0 Å². The minimum Gasteiger partial charge on any atom is -0.494 e. The first kappa shape index (κ1) is 19.8. The normalized spacial score (nSPS) is 11.1. The molecule has 2 rings (SSSR count). The van der Waals surface area contributed by atoms with Gasteiger partial charge in [-0.15, -0.1) is 0 Å². The number of nitrogens with two attached hydrogens (primary N) is 1. The van der Waals surface area contributed by atoms with Gasteiger partial charge in [0.1, 0.15) is 5.75 Å². The van der Waals surface area contributed by atoms with E-state index in [4.69, 9.17) is 10.5 Å². The molecule has 7 nitrogen and oxygen atoms in total. The summed E-state index contributed by atoms with van der Waals surface area (Å²) in [6.07, 6.45) is 9.06. The molecule has 7 heteroatoms. The van der Waals surface area contributed by atoms with Crippen LogP contribution >= 0.6 is 0 Å². The van der Waals surface area contributed by atoms with Crippen molar-refractivity contribution in [1.29, 1.82) is 0 Å². The lowest BCUT2D eigenvalue weighted by Gasteiger charge is -2.07. The molecule has 2 aromatic rings. The monoisotopic (exact) mass is 359 g/mol. The molecule has 3 N–H and O–H groups in total. The number of hydrogen-bond donors (Lipinski definition) is 2. The topological polar surface area (TPSA) is 98.6 Å². The Morgan fingerprint density at radius 3 is 2.88 bits per heavy atom. The van der Waals surface area contributed by atoms with E-state index in [1.165, 1.54) is 25.7 Å². The van der Waals surface area contributed by atoms with E-state index in [1.807, 2.05) is 30.5 Å². The molecule has 0 fully saturated rings. The fourth-order valence-corrected chi connectivity index (χ4v) is 2.45. The number of nitrogens with one attached hydrogen (secondary N) is 1. The van der Waals surface area contributed by atoms with Gasteiger partial charge in [0.05, 0.1) is 6.61 Å². The van der Waals surface area contributed by atoms with Crippen molar-refractivity contribution in [3.63, 3.8) is 0 Å². The first-order valence-electron chi connectivity index (χ1n) is 9.34. The number of aliphatic imine (C=N–C) groups is 1. The summed E-state index contributed by atoms with van der Waals surface area (Å²) in [6, 6.07) is 7.98. The van der Waals surface area contributed by atoms with Crippen molar-refractivity contribution < 1.29 is 9.37 Å². The molecule has 1 heterocycles. The Bertz CT molecular complexity index is 657. The maximum atomic E-state index is 5.78. The highest BCUT2D eigenvalue weighted by atomic mass is 16.6. The zero-order valence-electron chi connectivity index (χ0n) is 15.5. The molecule has 0 saturated carbocycles. The average molecular weight is 359 g/mol. The van der Waals surface area contributed by atoms with Gasteiger partial charge in [-0.1, -0.05) is 44.7 Å². The maximum Gasteiger partial charge on any atom is 0.215 e. The van der Waals surface area contributed by atoms with Crippen molar-refractivity contribution in [3.05, 3.63) is 29.8 Å². The first-order chi connectivity index (χ1) is 12.8. The fourth-order valence-electron chi connectivity index (χ4n) is 2.45. The molecule has 0 amide bonds. The highest BCUT2D eigenvalue weighted by Crippen LogP contribution is 2.13. The Balaban J connectivity index is 1.62. The molecular formula is C19H29N5O2. The number of nitrogen functional groups attached to an aromatic ring is 1. The third-order valence-electron chi connectivity index (χ3n) is 3.89. The number of unbranched alkanes of at least 4 members (excludes halogenated alkanes) is 4. The number of ether oxygens (including phenoxy) is 1. The van der Waals surface area contributed by atoms with Crippen LogP contribution in [0.2, 0.25) is 0 Å². The van der Waals surface area contributed by atoms with Crippen LogP contribution in [-0.4, -0.2) is 36.2 Å². The number of nitrogens with zero attached hydrogens (tertiary/aromatic N) is 3. The van der Waals surface area contributed by atoms with Gasteiger partial charge in [0.15, 0.2) is 0 Å². The predicted molar refractivity (Wildman–Crippen MR) is 105 cm³/mol. The fraction of sp³-hybridized carbons (Fsp3) is 0.526. The highest BCUT2D eigenvalue weighted by Gasteiger charge is 2.03. The van der Waals surface area contributed by atoms with Gasteiger partial charge in [-0.05, 0) is 40.9 Å². The van der Waals surface area contributed by atoms with Gasteiger partial charge in [0, 0.05) is 19.3 Å². The van der Waals surface area contributed by atoms with E-state index in [0.717, 1.165) is 30.7 Å². The Kier molecular flexibility index (Phi) is 9.03. The summed E-state index contributed by atoms with van der Waals surface area (Å²) in [5.41, 5.74) is 6.64. The number of aromatic nitrogens is 2. The molecule has 1 aromatic heterocycles.